The van der Waals surface area contributed by atoms with Crippen LogP contribution in [-0.4, -0.2) is 59.0 Å². The first-order chi connectivity index (χ1) is 9.20. The maximum Gasteiger partial charge on any atom is 0.508 e. The van der Waals surface area contributed by atoms with Crippen LogP contribution in [0.3, 0.4) is 0 Å². The summed E-state index contributed by atoms with van der Waals surface area (Å²) in [6.45, 7) is 6.47. The van der Waals surface area contributed by atoms with Crippen LogP contribution < -0.4 is 0 Å². The number of unbranched alkanes of at least 4 members (excludes halogenated alkanes) is 1. The quantitative estimate of drug-likeness (QED) is 0.402. The van der Waals surface area contributed by atoms with E-state index in [1.165, 1.54) is 7.11 Å². The summed E-state index contributed by atoms with van der Waals surface area (Å²) in [6, 6.07) is 0. The van der Waals surface area contributed by atoms with E-state index in [4.69, 9.17) is 23.7 Å². The first-order valence-electron chi connectivity index (χ1n) is 6.68. The molecule has 0 radical (unpaired) electrons. The summed E-state index contributed by atoms with van der Waals surface area (Å²) in [6.07, 6.45) is 1.30. The molecule has 1 atom stereocenters. The van der Waals surface area contributed by atoms with Gasteiger partial charge in [0.1, 0.15) is 13.2 Å². The van der Waals surface area contributed by atoms with Crippen LogP contribution in [0.15, 0.2) is 0 Å². The van der Waals surface area contributed by atoms with Crippen molar-refractivity contribution in [2.45, 2.75) is 32.8 Å². The molecule has 0 amide bonds. The Morgan fingerprint density at radius 1 is 1.05 bits per heavy atom. The van der Waals surface area contributed by atoms with Crippen LogP contribution in [0.5, 0.6) is 0 Å². The molecule has 0 N–H and O–H groups in total. The van der Waals surface area contributed by atoms with E-state index in [9.17, 15) is 4.79 Å². The maximum absolute atomic E-state index is 11.1. The Morgan fingerprint density at radius 2 is 1.84 bits per heavy atom. The van der Waals surface area contributed by atoms with Gasteiger partial charge in [0.05, 0.1) is 25.9 Å². The second kappa shape index (κ2) is 13.6. The van der Waals surface area contributed by atoms with Crippen LogP contribution >= 0.6 is 0 Å². The summed E-state index contributed by atoms with van der Waals surface area (Å²) in [7, 11) is 1.53. The average Bonchev–Trinajstić information content (AvgIpc) is 2.40. The fourth-order valence-corrected chi connectivity index (χ4v) is 1.14. The largest absolute Gasteiger partial charge is 0.508 e. The van der Waals surface area contributed by atoms with Crippen molar-refractivity contribution in [3.05, 3.63) is 0 Å². The first-order valence-corrected chi connectivity index (χ1v) is 6.68. The molecule has 0 saturated carbocycles. The van der Waals surface area contributed by atoms with Gasteiger partial charge in [-0.25, -0.2) is 4.79 Å². The number of carbonyl (C=O) groups excluding carboxylic acids is 1. The molecule has 0 rings (SSSR count). The summed E-state index contributed by atoms with van der Waals surface area (Å²) < 4.78 is 25.1. The number of rotatable bonds is 12. The Bertz CT molecular complexity index is 209. The van der Waals surface area contributed by atoms with Crippen LogP contribution in [0.4, 0.5) is 4.79 Å². The lowest BCUT2D eigenvalue weighted by Gasteiger charge is -2.13. The molecule has 0 heterocycles. The van der Waals surface area contributed by atoms with Crippen molar-refractivity contribution in [3.63, 3.8) is 0 Å². The molecular formula is C13H26O6. The molecule has 0 bridgehead atoms. The van der Waals surface area contributed by atoms with Crippen LogP contribution in [0.25, 0.3) is 0 Å². The van der Waals surface area contributed by atoms with Gasteiger partial charge in [0.25, 0.3) is 0 Å². The molecule has 19 heavy (non-hydrogen) atoms. The van der Waals surface area contributed by atoms with E-state index in [0.717, 1.165) is 19.4 Å². The van der Waals surface area contributed by atoms with Crippen LogP contribution in [0, 0.1) is 0 Å². The number of methoxy groups -OCH3 is 1. The summed E-state index contributed by atoms with van der Waals surface area (Å²) in [5.41, 5.74) is 0. The molecule has 114 valence electrons. The second-order valence-electron chi connectivity index (χ2n) is 4.05. The second-order valence-corrected chi connectivity index (χ2v) is 4.05. The van der Waals surface area contributed by atoms with Gasteiger partial charge < -0.3 is 23.7 Å². The smallest absolute Gasteiger partial charge is 0.432 e. The molecule has 0 aliphatic carbocycles. The van der Waals surface area contributed by atoms with Gasteiger partial charge in [-0.3, -0.25) is 0 Å². The molecular weight excluding hydrogens is 252 g/mol. The highest BCUT2D eigenvalue weighted by molar-refractivity contribution is 5.59. The zero-order valence-corrected chi connectivity index (χ0v) is 12.2. The molecule has 0 saturated heterocycles. The third-order valence-electron chi connectivity index (χ3n) is 2.22. The molecule has 0 spiro atoms. The van der Waals surface area contributed by atoms with E-state index in [1.54, 1.807) is 0 Å². The summed E-state index contributed by atoms with van der Waals surface area (Å²) >= 11 is 0. The van der Waals surface area contributed by atoms with Gasteiger partial charge in [0.2, 0.25) is 0 Å². The van der Waals surface area contributed by atoms with E-state index in [2.05, 4.69) is 6.92 Å². The van der Waals surface area contributed by atoms with Gasteiger partial charge >= 0.3 is 6.16 Å². The van der Waals surface area contributed by atoms with E-state index in [0.29, 0.717) is 19.8 Å². The van der Waals surface area contributed by atoms with E-state index in [1.807, 2.05) is 6.92 Å². The van der Waals surface area contributed by atoms with Gasteiger partial charge in [-0.1, -0.05) is 13.3 Å². The molecule has 1 unspecified atom stereocenters. The molecule has 0 aromatic heterocycles. The van der Waals surface area contributed by atoms with Crippen LogP contribution in [0.1, 0.15) is 26.7 Å². The highest BCUT2D eigenvalue weighted by Crippen LogP contribution is 1.95. The van der Waals surface area contributed by atoms with Crippen molar-refractivity contribution in [1.29, 1.82) is 0 Å². The van der Waals surface area contributed by atoms with Crippen molar-refractivity contribution in [3.8, 4) is 0 Å². The highest BCUT2D eigenvalue weighted by atomic mass is 16.7. The standard InChI is InChI=1S/C13H26O6/c1-4-5-6-16-8-10-17-12(2)11-19-13(14)18-9-7-15-3/h12H,4-11H2,1-3H3. The number of ether oxygens (including phenoxy) is 5. The SMILES string of the molecule is CCCCOCCOC(C)COC(=O)OCCOC. The zero-order chi connectivity index (χ0) is 14.3. The fourth-order valence-electron chi connectivity index (χ4n) is 1.14. The van der Waals surface area contributed by atoms with Gasteiger partial charge in [-0.15, -0.1) is 0 Å². The van der Waals surface area contributed by atoms with Gasteiger partial charge in [-0.2, -0.15) is 0 Å². The number of hydrogen-bond donors (Lipinski definition) is 0. The maximum atomic E-state index is 11.1. The van der Waals surface area contributed by atoms with Crippen molar-refractivity contribution in [2.75, 3.05) is 46.8 Å². The van der Waals surface area contributed by atoms with Gasteiger partial charge in [0.15, 0.2) is 0 Å². The Kier molecular flexibility index (Phi) is 13.0. The van der Waals surface area contributed by atoms with Crippen molar-refractivity contribution < 1.29 is 28.5 Å². The predicted molar refractivity (Wildman–Crippen MR) is 70.3 cm³/mol. The molecule has 0 aromatic rings. The zero-order valence-electron chi connectivity index (χ0n) is 12.2. The summed E-state index contributed by atoms with van der Waals surface area (Å²) in [4.78, 5) is 11.1. The van der Waals surface area contributed by atoms with Gasteiger partial charge in [0, 0.05) is 13.7 Å². The third kappa shape index (κ3) is 13.4. The Labute approximate surface area is 115 Å². The Hall–Kier alpha value is -0.850. The minimum Gasteiger partial charge on any atom is -0.432 e. The Balaban J connectivity index is 3.33. The monoisotopic (exact) mass is 278 g/mol. The topological polar surface area (TPSA) is 63.2 Å². The lowest BCUT2D eigenvalue weighted by molar-refractivity contribution is -0.0306. The minimum atomic E-state index is -0.702. The molecule has 0 aliphatic heterocycles. The number of carbonyl (C=O) groups is 1. The van der Waals surface area contributed by atoms with Crippen LogP contribution in [0.2, 0.25) is 0 Å². The minimum absolute atomic E-state index is 0.167. The molecule has 6 nitrogen and oxygen atoms in total. The molecule has 6 heteroatoms. The third-order valence-corrected chi connectivity index (χ3v) is 2.22. The van der Waals surface area contributed by atoms with Crippen molar-refractivity contribution in [1.82, 2.24) is 0 Å². The predicted octanol–water partition coefficient (Wildman–Crippen LogP) is 2.01. The lowest BCUT2D eigenvalue weighted by Crippen LogP contribution is -2.22. The van der Waals surface area contributed by atoms with Crippen LogP contribution in [-0.2, 0) is 23.7 Å². The summed E-state index contributed by atoms with van der Waals surface area (Å²) in [5.74, 6) is 0. The Morgan fingerprint density at radius 3 is 2.53 bits per heavy atom. The summed E-state index contributed by atoms with van der Waals surface area (Å²) in [5, 5.41) is 0. The fraction of sp³-hybridized carbons (Fsp3) is 0.923. The first kappa shape index (κ1) is 18.1. The average molecular weight is 278 g/mol. The normalized spacial score (nSPS) is 12.2. The lowest BCUT2D eigenvalue weighted by atomic mass is 10.4. The molecule has 0 fully saturated rings. The van der Waals surface area contributed by atoms with Gasteiger partial charge in [-0.05, 0) is 13.3 Å². The number of hydrogen-bond acceptors (Lipinski definition) is 6. The molecule has 0 aliphatic rings. The van der Waals surface area contributed by atoms with E-state index < -0.39 is 6.16 Å². The molecule has 0 aromatic carbocycles. The van der Waals surface area contributed by atoms with Crippen molar-refractivity contribution in [2.24, 2.45) is 0 Å². The highest BCUT2D eigenvalue weighted by Gasteiger charge is 2.08. The van der Waals surface area contributed by atoms with Crippen molar-refractivity contribution >= 4 is 6.16 Å². The van der Waals surface area contributed by atoms with E-state index in [-0.39, 0.29) is 19.3 Å². The van der Waals surface area contributed by atoms with E-state index >= 15 is 0 Å².